The number of hydrogen-bond acceptors (Lipinski definition) is 4. The SMILES string of the molecule is N#CC1=C(c2ccc(C(=O)O)cc2)C2CCc3c(O)cccc3C2NC1=O. The number of benzene rings is 2. The van der Waals surface area contributed by atoms with E-state index in [1.807, 2.05) is 12.1 Å². The zero-order valence-electron chi connectivity index (χ0n) is 14.3. The summed E-state index contributed by atoms with van der Waals surface area (Å²) in [6, 6.07) is 13.2. The molecule has 1 aliphatic carbocycles. The first-order valence-corrected chi connectivity index (χ1v) is 8.61. The molecule has 0 radical (unpaired) electrons. The minimum Gasteiger partial charge on any atom is -0.508 e. The lowest BCUT2D eigenvalue weighted by Crippen LogP contribution is -2.42. The number of aromatic hydroxyl groups is 1. The number of phenols is 1. The number of carbonyl (C=O) groups is 2. The molecule has 0 saturated heterocycles. The van der Waals surface area contributed by atoms with E-state index in [4.69, 9.17) is 5.11 Å². The first-order valence-electron chi connectivity index (χ1n) is 8.61. The lowest BCUT2D eigenvalue weighted by atomic mass is 9.71. The van der Waals surface area contributed by atoms with Crippen molar-refractivity contribution in [3.05, 3.63) is 70.3 Å². The number of carbonyl (C=O) groups excluding carboxylic acids is 1. The molecule has 1 amide bonds. The Hall–Kier alpha value is -3.59. The van der Waals surface area contributed by atoms with E-state index in [0.717, 1.165) is 11.1 Å². The highest BCUT2D eigenvalue weighted by atomic mass is 16.4. The molecule has 2 aliphatic rings. The van der Waals surface area contributed by atoms with Crippen molar-refractivity contribution in [1.82, 2.24) is 5.32 Å². The van der Waals surface area contributed by atoms with E-state index < -0.39 is 11.9 Å². The van der Waals surface area contributed by atoms with Gasteiger partial charge in [-0.2, -0.15) is 5.26 Å². The number of nitrogens with one attached hydrogen (secondary N) is 1. The number of nitriles is 1. The molecule has 0 bridgehead atoms. The van der Waals surface area contributed by atoms with Crippen molar-refractivity contribution >= 4 is 17.4 Å². The predicted octanol–water partition coefficient (Wildman–Crippen LogP) is 2.80. The summed E-state index contributed by atoms with van der Waals surface area (Å²) in [4.78, 5) is 23.7. The van der Waals surface area contributed by atoms with Gasteiger partial charge in [-0.3, -0.25) is 4.79 Å². The minimum absolute atomic E-state index is 0.0583. The predicted molar refractivity (Wildman–Crippen MR) is 96.7 cm³/mol. The molecule has 4 rings (SSSR count). The standard InChI is InChI=1S/C21H16N2O4/c22-10-16-18(11-4-6-12(7-5-11)21(26)27)15-9-8-13-14(2-1-3-17(13)24)19(15)23-20(16)25/h1-7,15,19,24H,8-9H2,(H,23,25)(H,26,27). The van der Waals surface area contributed by atoms with Gasteiger partial charge in [0.1, 0.15) is 17.4 Å². The Kier molecular flexibility index (Phi) is 3.93. The Labute approximate surface area is 155 Å². The van der Waals surface area contributed by atoms with Crippen molar-refractivity contribution in [2.75, 3.05) is 0 Å². The first kappa shape index (κ1) is 16.9. The van der Waals surface area contributed by atoms with Gasteiger partial charge < -0.3 is 15.5 Å². The fraction of sp³-hybridized carbons (Fsp3) is 0.190. The van der Waals surface area contributed by atoms with Gasteiger partial charge in [0, 0.05) is 5.92 Å². The van der Waals surface area contributed by atoms with Crippen molar-refractivity contribution in [1.29, 1.82) is 5.26 Å². The van der Waals surface area contributed by atoms with Crippen LogP contribution >= 0.6 is 0 Å². The van der Waals surface area contributed by atoms with Gasteiger partial charge in [-0.05, 0) is 53.3 Å². The number of fused-ring (bicyclic) bond motifs is 3. The number of carboxylic acids is 1. The molecule has 27 heavy (non-hydrogen) atoms. The second kappa shape index (κ2) is 6.29. The van der Waals surface area contributed by atoms with E-state index in [0.29, 0.717) is 24.0 Å². The van der Waals surface area contributed by atoms with Crippen LogP contribution in [0.1, 0.15) is 39.5 Å². The second-order valence-corrected chi connectivity index (χ2v) is 6.72. The topological polar surface area (TPSA) is 110 Å². The van der Waals surface area contributed by atoms with Gasteiger partial charge in [0.15, 0.2) is 0 Å². The van der Waals surface area contributed by atoms with E-state index >= 15 is 0 Å². The van der Waals surface area contributed by atoms with Crippen LogP contribution in [0.4, 0.5) is 0 Å². The van der Waals surface area contributed by atoms with Crippen LogP contribution in [0.3, 0.4) is 0 Å². The smallest absolute Gasteiger partial charge is 0.335 e. The van der Waals surface area contributed by atoms with E-state index in [9.17, 15) is 20.0 Å². The zero-order valence-corrected chi connectivity index (χ0v) is 14.3. The van der Waals surface area contributed by atoms with Crippen LogP contribution in [-0.2, 0) is 11.2 Å². The summed E-state index contributed by atoms with van der Waals surface area (Å²) in [6.07, 6.45) is 1.30. The van der Waals surface area contributed by atoms with Crippen LogP contribution in [0.2, 0.25) is 0 Å². The lowest BCUT2D eigenvalue weighted by Gasteiger charge is -2.39. The minimum atomic E-state index is -1.03. The Morgan fingerprint density at radius 2 is 1.93 bits per heavy atom. The Bertz CT molecular complexity index is 1030. The average molecular weight is 360 g/mol. The van der Waals surface area contributed by atoms with Gasteiger partial charge in [0.25, 0.3) is 5.91 Å². The van der Waals surface area contributed by atoms with Gasteiger partial charge in [0.05, 0.1) is 11.6 Å². The van der Waals surface area contributed by atoms with Crippen LogP contribution in [0.25, 0.3) is 5.57 Å². The van der Waals surface area contributed by atoms with Crippen molar-refractivity contribution in [2.24, 2.45) is 5.92 Å². The number of nitrogens with zero attached hydrogens (tertiary/aromatic N) is 1. The molecule has 2 unspecified atom stereocenters. The van der Waals surface area contributed by atoms with Crippen LogP contribution < -0.4 is 5.32 Å². The highest BCUT2D eigenvalue weighted by molar-refractivity contribution is 6.07. The molecule has 0 saturated carbocycles. The summed E-state index contributed by atoms with van der Waals surface area (Å²) in [5, 5.41) is 31.7. The molecule has 0 fully saturated rings. The fourth-order valence-corrected chi connectivity index (χ4v) is 4.11. The molecule has 1 heterocycles. The molecule has 2 aromatic rings. The number of hydrogen-bond donors (Lipinski definition) is 3. The van der Waals surface area contributed by atoms with E-state index in [1.54, 1.807) is 24.3 Å². The number of amides is 1. The van der Waals surface area contributed by atoms with E-state index in [-0.39, 0.29) is 28.8 Å². The van der Waals surface area contributed by atoms with Gasteiger partial charge in [-0.25, -0.2) is 4.79 Å². The van der Waals surface area contributed by atoms with Crippen molar-refractivity contribution in [3.63, 3.8) is 0 Å². The summed E-state index contributed by atoms with van der Waals surface area (Å²) >= 11 is 0. The molecule has 0 spiro atoms. The van der Waals surface area contributed by atoms with Crippen molar-refractivity contribution < 1.29 is 19.8 Å². The molecular formula is C21H16N2O4. The molecule has 2 aromatic carbocycles. The highest BCUT2D eigenvalue weighted by Crippen LogP contribution is 2.47. The summed E-state index contributed by atoms with van der Waals surface area (Å²) in [5.74, 6) is -1.39. The van der Waals surface area contributed by atoms with Crippen LogP contribution in [-0.4, -0.2) is 22.1 Å². The van der Waals surface area contributed by atoms with Gasteiger partial charge >= 0.3 is 5.97 Å². The molecular weight excluding hydrogens is 344 g/mol. The third-order valence-electron chi connectivity index (χ3n) is 5.34. The molecule has 0 aromatic heterocycles. The molecule has 3 N–H and O–H groups in total. The third kappa shape index (κ3) is 2.64. The molecule has 1 aliphatic heterocycles. The average Bonchev–Trinajstić information content (AvgIpc) is 2.67. The first-order chi connectivity index (χ1) is 13.0. The van der Waals surface area contributed by atoms with Gasteiger partial charge in [0.2, 0.25) is 0 Å². The number of rotatable bonds is 2. The Morgan fingerprint density at radius 1 is 1.19 bits per heavy atom. The maximum atomic E-state index is 12.6. The summed E-state index contributed by atoms with van der Waals surface area (Å²) in [5.41, 5.74) is 3.19. The van der Waals surface area contributed by atoms with Crippen LogP contribution in [0.5, 0.6) is 5.75 Å². The fourth-order valence-electron chi connectivity index (χ4n) is 4.11. The maximum Gasteiger partial charge on any atom is 0.335 e. The normalized spacial score (nSPS) is 20.9. The zero-order chi connectivity index (χ0) is 19.1. The number of phenolic OH excluding ortho intramolecular Hbond substituents is 1. The highest BCUT2D eigenvalue weighted by Gasteiger charge is 2.40. The maximum absolute atomic E-state index is 12.6. The van der Waals surface area contributed by atoms with Crippen molar-refractivity contribution in [2.45, 2.75) is 18.9 Å². The molecule has 2 atom stereocenters. The largest absolute Gasteiger partial charge is 0.508 e. The summed E-state index contributed by atoms with van der Waals surface area (Å²) in [7, 11) is 0. The number of carboxylic acid groups (broad SMARTS) is 1. The summed E-state index contributed by atoms with van der Waals surface area (Å²) in [6.45, 7) is 0. The number of aromatic carboxylic acids is 1. The Balaban J connectivity index is 1.85. The Morgan fingerprint density at radius 3 is 2.59 bits per heavy atom. The van der Waals surface area contributed by atoms with Crippen LogP contribution in [0, 0.1) is 17.2 Å². The quantitative estimate of drug-likeness (QED) is 0.763. The summed E-state index contributed by atoms with van der Waals surface area (Å²) < 4.78 is 0. The molecule has 6 nitrogen and oxygen atoms in total. The van der Waals surface area contributed by atoms with Gasteiger partial charge in [-0.15, -0.1) is 0 Å². The van der Waals surface area contributed by atoms with Crippen LogP contribution in [0.15, 0.2) is 48.0 Å². The van der Waals surface area contributed by atoms with Gasteiger partial charge in [-0.1, -0.05) is 24.3 Å². The molecule has 6 heteroatoms. The second-order valence-electron chi connectivity index (χ2n) is 6.72. The lowest BCUT2D eigenvalue weighted by molar-refractivity contribution is -0.118. The third-order valence-corrected chi connectivity index (χ3v) is 5.34. The van der Waals surface area contributed by atoms with E-state index in [1.165, 1.54) is 12.1 Å². The monoisotopic (exact) mass is 360 g/mol. The van der Waals surface area contributed by atoms with E-state index in [2.05, 4.69) is 5.32 Å². The van der Waals surface area contributed by atoms with Crippen molar-refractivity contribution in [3.8, 4) is 11.8 Å². The molecule has 134 valence electrons.